The smallest absolute Gasteiger partial charge is 0.462 e. The molecule has 0 heterocycles. The fraction of sp³-hybridized carbons (Fsp3) is 0.721. The Morgan fingerprint density at radius 2 is 1.17 bits per heavy atom. The summed E-state index contributed by atoms with van der Waals surface area (Å²) in [4.78, 5) is 34.8. The number of carbonyl (C=O) groups excluding carboxylic acids is 2. The summed E-state index contributed by atoms with van der Waals surface area (Å²) in [6, 6.07) is 0. The average Bonchev–Trinajstić information content (AvgIpc) is 3.16. The molecule has 54 heavy (non-hydrogen) atoms. The van der Waals surface area contributed by atoms with Crippen molar-refractivity contribution in [2.75, 3.05) is 26.4 Å². The first-order valence-corrected chi connectivity index (χ1v) is 22.4. The monoisotopic (exact) mass is 782 g/mol. The molecule has 312 valence electrons. The molecule has 0 saturated heterocycles. The molecule has 0 spiro atoms. The van der Waals surface area contributed by atoms with Crippen LogP contribution in [0, 0.1) is 0 Å². The molecule has 0 bridgehead atoms. The highest BCUT2D eigenvalue weighted by molar-refractivity contribution is 7.47. The van der Waals surface area contributed by atoms with Crippen LogP contribution in [0.5, 0.6) is 0 Å². The molecule has 10 nitrogen and oxygen atoms in total. The number of rotatable bonds is 38. The molecule has 3 unspecified atom stereocenters. The molecule has 0 aliphatic rings. The molecule has 11 heteroatoms. The van der Waals surface area contributed by atoms with E-state index in [1.807, 2.05) is 37.3 Å². The minimum atomic E-state index is -4.40. The van der Waals surface area contributed by atoms with E-state index in [0.717, 1.165) is 38.5 Å². The summed E-state index contributed by atoms with van der Waals surface area (Å²) in [5.74, 6) is -0.917. The Bertz CT molecular complexity index is 1090. The number of allylic oxidation sites excluding steroid dienone is 9. The number of hydrogen-bond acceptors (Lipinski definition) is 9. The topological polar surface area (TPSA) is 155 Å². The lowest BCUT2D eigenvalue weighted by Gasteiger charge is -2.19. The molecule has 0 aromatic carbocycles. The number of carbonyl (C=O) groups is 2. The van der Waals surface area contributed by atoms with E-state index in [9.17, 15) is 24.2 Å². The van der Waals surface area contributed by atoms with Crippen molar-refractivity contribution in [3.8, 4) is 0 Å². The minimum absolute atomic E-state index is 0.0367. The molecule has 4 N–H and O–H groups in total. The van der Waals surface area contributed by atoms with Gasteiger partial charge in [-0.2, -0.15) is 0 Å². The molecule has 0 fully saturated rings. The van der Waals surface area contributed by atoms with Crippen LogP contribution < -0.4 is 5.73 Å². The highest BCUT2D eigenvalue weighted by Gasteiger charge is 2.25. The van der Waals surface area contributed by atoms with Gasteiger partial charge in [0.25, 0.3) is 0 Å². The van der Waals surface area contributed by atoms with Gasteiger partial charge in [0.15, 0.2) is 6.10 Å². The SMILES string of the molecule is CCCCCCCCCCCCCCCCCC(=O)OCC(COP(=O)(O)OCCN)OC(=O)CCCC=CCC=CCC=CCC=CC=CC(O)CC. The maximum absolute atomic E-state index is 12.5. The molecule has 0 aromatic rings. The molecule has 0 rings (SSSR count). The van der Waals surface area contributed by atoms with Gasteiger partial charge in [0.05, 0.1) is 19.3 Å². The van der Waals surface area contributed by atoms with Crippen LogP contribution in [0.15, 0.2) is 60.8 Å². The summed E-state index contributed by atoms with van der Waals surface area (Å²) in [6.07, 6.45) is 42.1. The zero-order chi connectivity index (χ0) is 39.8. The van der Waals surface area contributed by atoms with Gasteiger partial charge in [-0.25, -0.2) is 4.57 Å². The molecule has 0 amide bonds. The Labute approximate surface area is 328 Å². The van der Waals surface area contributed by atoms with Gasteiger partial charge in [-0.05, 0) is 44.9 Å². The summed E-state index contributed by atoms with van der Waals surface area (Å²) in [5, 5.41) is 9.47. The van der Waals surface area contributed by atoms with Crippen LogP contribution in [-0.4, -0.2) is 60.5 Å². The van der Waals surface area contributed by atoms with E-state index < -0.39 is 32.5 Å². The molecule has 0 aliphatic heterocycles. The van der Waals surface area contributed by atoms with Gasteiger partial charge in [0, 0.05) is 19.4 Å². The van der Waals surface area contributed by atoms with E-state index in [1.54, 1.807) is 6.08 Å². The zero-order valence-corrected chi connectivity index (χ0v) is 34.7. The Kier molecular flexibility index (Phi) is 37.2. The van der Waals surface area contributed by atoms with Crippen LogP contribution >= 0.6 is 7.82 Å². The van der Waals surface area contributed by atoms with Crippen LogP contribution in [0.4, 0.5) is 0 Å². The lowest BCUT2D eigenvalue weighted by molar-refractivity contribution is -0.161. The fourth-order valence-electron chi connectivity index (χ4n) is 5.33. The second-order valence-corrected chi connectivity index (χ2v) is 15.1. The third-order valence-electron chi connectivity index (χ3n) is 8.58. The predicted molar refractivity (Wildman–Crippen MR) is 221 cm³/mol. The molecule has 0 saturated carbocycles. The summed E-state index contributed by atoms with van der Waals surface area (Å²) in [5.41, 5.74) is 5.33. The largest absolute Gasteiger partial charge is 0.472 e. The second-order valence-electron chi connectivity index (χ2n) is 13.7. The normalized spacial score (nSPS) is 14.5. The van der Waals surface area contributed by atoms with Crippen molar-refractivity contribution >= 4 is 19.8 Å². The molecule has 3 atom stereocenters. The quantitative estimate of drug-likeness (QED) is 0.0181. The molecule has 0 aromatic heterocycles. The standard InChI is InChI=1S/C43H76NO9P/c1-3-5-6-7-8-9-10-11-12-16-19-22-25-28-31-34-42(46)50-38-41(39-52-54(48,49)51-37-36-44)53-43(47)35-32-29-26-23-20-17-14-13-15-18-21-24-27-30-33-40(45)4-2/h14-15,17-18,23-24,26-27,30,33,40-41,45H,3-13,16,19-22,25,28-29,31-32,34-39,44H2,1-2H3,(H,48,49). The maximum Gasteiger partial charge on any atom is 0.472 e. The van der Waals surface area contributed by atoms with E-state index >= 15 is 0 Å². The third kappa shape index (κ3) is 38.0. The Morgan fingerprint density at radius 1 is 0.648 bits per heavy atom. The summed E-state index contributed by atoms with van der Waals surface area (Å²) >= 11 is 0. The van der Waals surface area contributed by atoms with Crippen LogP contribution in [0.25, 0.3) is 0 Å². The number of hydrogen-bond donors (Lipinski definition) is 3. The predicted octanol–water partition coefficient (Wildman–Crippen LogP) is 10.7. The summed E-state index contributed by atoms with van der Waals surface area (Å²) in [7, 11) is -4.40. The van der Waals surface area contributed by atoms with Gasteiger partial charge in [-0.1, -0.05) is 164 Å². The Balaban J connectivity index is 4.30. The maximum atomic E-state index is 12.5. The van der Waals surface area contributed by atoms with Crippen molar-refractivity contribution in [2.45, 2.75) is 174 Å². The van der Waals surface area contributed by atoms with Gasteiger partial charge in [0.1, 0.15) is 6.61 Å². The molecular formula is C43H76NO9P. The zero-order valence-electron chi connectivity index (χ0n) is 33.8. The number of esters is 2. The highest BCUT2D eigenvalue weighted by Crippen LogP contribution is 2.43. The van der Waals surface area contributed by atoms with Crippen molar-refractivity contribution in [2.24, 2.45) is 5.73 Å². The fourth-order valence-corrected chi connectivity index (χ4v) is 6.09. The number of phosphoric acid groups is 1. The van der Waals surface area contributed by atoms with Gasteiger partial charge in [-0.15, -0.1) is 0 Å². The Morgan fingerprint density at radius 3 is 1.72 bits per heavy atom. The lowest BCUT2D eigenvalue weighted by atomic mass is 10.0. The van der Waals surface area contributed by atoms with Crippen molar-refractivity contribution in [1.82, 2.24) is 0 Å². The van der Waals surface area contributed by atoms with Crippen LogP contribution in [0.1, 0.15) is 162 Å². The molecular weight excluding hydrogens is 705 g/mol. The number of unbranched alkanes of at least 4 members (excludes halogenated alkanes) is 15. The van der Waals surface area contributed by atoms with Crippen molar-refractivity contribution < 1.29 is 42.7 Å². The first-order chi connectivity index (χ1) is 26.2. The Hall–Kier alpha value is -2.33. The number of nitrogens with two attached hydrogens (primary N) is 1. The van der Waals surface area contributed by atoms with Gasteiger partial charge in [-0.3, -0.25) is 18.6 Å². The van der Waals surface area contributed by atoms with Gasteiger partial charge < -0.3 is 25.2 Å². The van der Waals surface area contributed by atoms with E-state index in [-0.39, 0.29) is 38.7 Å². The van der Waals surface area contributed by atoms with E-state index in [2.05, 4.69) is 31.2 Å². The molecule has 0 aliphatic carbocycles. The third-order valence-corrected chi connectivity index (χ3v) is 9.56. The first kappa shape index (κ1) is 51.7. The van der Waals surface area contributed by atoms with Crippen LogP contribution in [-0.2, 0) is 32.7 Å². The number of ether oxygens (including phenoxy) is 2. The number of aliphatic hydroxyl groups is 1. The summed E-state index contributed by atoms with van der Waals surface area (Å²) < 4.78 is 32.7. The molecule has 0 radical (unpaired) electrons. The van der Waals surface area contributed by atoms with E-state index in [4.69, 9.17) is 24.3 Å². The number of aliphatic hydroxyl groups excluding tert-OH is 1. The van der Waals surface area contributed by atoms with Crippen molar-refractivity contribution in [3.63, 3.8) is 0 Å². The first-order valence-electron chi connectivity index (χ1n) is 20.9. The van der Waals surface area contributed by atoms with Crippen molar-refractivity contribution in [1.29, 1.82) is 0 Å². The second kappa shape index (κ2) is 38.9. The van der Waals surface area contributed by atoms with Gasteiger partial charge in [0.2, 0.25) is 0 Å². The van der Waals surface area contributed by atoms with Gasteiger partial charge >= 0.3 is 19.8 Å². The van der Waals surface area contributed by atoms with E-state index in [0.29, 0.717) is 19.3 Å². The van der Waals surface area contributed by atoms with E-state index in [1.165, 1.54) is 77.0 Å². The van der Waals surface area contributed by atoms with Crippen molar-refractivity contribution in [3.05, 3.63) is 60.8 Å². The van der Waals surface area contributed by atoms with Crippen LogP contribution in [0.3, 0.4) is 0 Å². The minimum Gasteiger partial charge on any atom is -0.462 e. The lowest BCUT2D eigenvalue weighted by Crippen LogP contribution is -2.29. The number of phosphoric ester groups is 1. The highest BCUT2D eigenvalue weighted by atomic mass is 31.2. The average molecular weight is 782 g/mol. The summed E-state index contributed by atoms with van der Waals surface area (Å²) in [6.45, 7) is 3.32. The van der Waals surface area contributed by atoms with Crippen LogP contribution in [0.2, 0.25) is 0 Å².